The Hall–Kier alpha value is -0.530. The van der Waals surface area contributed by atoms with Crippen LogP contribution in [0.15, 0.2) is 18.2 Å². The van der Waals surface area contributed by atoms with Crippen molar-refractivity contribution in [3.05, 3.63) is 34.3 Å². The molecule has 0 amide bonds. The molecule has 0 aliphatic heterocycles. The van der Waals surface area contributed by atoms with Gasteiger partial charge in [0.2, 0.25) is 0 Å². The average Bonchev–Trinajstić information content (AvgIpc) is 2.60. The zero-order valence-electron chi connectivity index (χ0n) is 10.6. The lowest BCUT2D eigenvalue weighted by molar-refractivity contribution is 0.381. The number of benzene rings is 1. The summed E-state index contributed by atoms with van der Waals surface area (Å²) in [7, 11) is 0. The summed E-state index contributed by atoms with van der Waals surface area (Å²) in [5, 5.41) is 0.801. The van der Waals surface area contributed by atoms with Crippen LogP contribution in [-0.2, 0) is 0 Å². The zero-order chi connectivity index (χ0) is 12.3. The van der Waals surface area contributed by atoms with Gasteiger partial charge < -0.3 is 5.73 Å². The molecule has 0 aromatic heterocycles. The molecular formula is C15H22ClN. The molecule has 1 atom stereocenters. The van der Waals surface area contributed by atoms with Gasteiger partial charge in [0.25, 0.3) is 0 Å². The number of aryl methyl sites for hydroxylation is 1. The molecule has 0 saturated heterocycles. The summed E-state index contributed by atoms with van der Waals surface area (Å²) in [4.78, 5) is 0. The molecule has 0 spiro atoms. The smallest absolute Gasteiger partial charge is 0.0409 e. The SMILES string of the molecule is Cc1ccc(Cl)cc1C(N)C1CCCCCC1. The van der Waals surface area contributed by atoms with Crippen molar-refractivity contribution < 1.29 is 0 Å². The van der Waals surface area contributed by atoms with Crippen LogP contribution < -0.4 is 5.73 Å². The fourth-order valence-corrected chi connectivity index (χ4v) is 3.07. The van der Waals surface area contributed by atoms with E-state index in [1.54, 1.807) is 0 Å². The molecule has 2 rings (SSSR count). The van der Waals surface area contributed by atoms with Crippen molar-refractivity contribution in [1.82, 2.24) is 0 Å². The predicted molar refractivity (Wildman–Crippen MR) is 74.3 cm³/mol. The van der Waals surface area contributed by atoms with E-state index in [1.807, 2.05) is 12.1 Å². The number of rotatable bonds is 2. The van der Waals surface area contributed by atoms with Gasteiger partial charge in [-0.25, -0.2) is 0 Å². The van der Waals surface area contributed by atoms with Gasteiger partial charge in [0.15, 0.2) is 0 Å². The third-order valence-corrected chi connectivity index (χ3v) is 4.24. The van der Waals surface area contributed by atoms with Crippen molar-refractivity contribution in [1.29, 1.82) is 0 Å². The zero-order valence-corrected chi connectivity index (χ0v) is 11.3. The highest BCUT2D eigenvalue weighted by Gasteiger charge is 2.22. The minimum Gasteiger partial charge on any atom is -0.324 e. The molecule has 1 saturated carbocycles. The Balaban J connectivity index is 2.16. The summed E-state index contributed by atoms with van der Waals surface area (Å²) >= 11 is 6.08. The minimum atomic E-state index is 0.159. The molecule has 17 heavy (non-hydrogen) atoms. The Morgan fingerprint density at radius 1 is 1.18 bits per heavy atom. The van der Waals surface area contributed by atoms with Gasteiger partial charge in [0.1, 0.15) is 0 Å². The van der Waals surface area contributed by atoms with Crippen LogP contribution in [-0.4, -0.2) is 0 Å². The predicted octanol–water partition coefficient (Wildman–Crippen LogP) is 4.62. The summed E-state index contributed by atoms with van der Waals surface area (Å²) in [6.45, 7) is 2.13. The van der Waals surface area contributed by atoms with Crippen LogP contribution >= 0.6 is 11.6 Å². The van der Waals surface area contributed by atoms with Crippen molar-refractivity contribution in [2.45, 2.75) is 51.5 Å². The Labute approximate surface area is 109 Å². The average molecular weight is 252 g/mol. The third kappa shape index (κ3) is 3.23. The van der Waals surface area contributed by atoms with E-state index in [-0.39, 0.29) is 6.04 Å². The number of hydrogen-bond donors (Lipinski definition) is 1. The van der Waals surface area contributed by atoms with Gasteiger partial charge in [0.05, 0.1) is 0 Å². The molecule has 0 heterocycles. The highest BCUT2D eigenvalue weighted by molar-refractivity contribution is 6.30. The van der Waals surface area contributed by atoms with Crippen LogP contribution in [0.4, 0.5) is 0 Å². The summed E-state index contributed by atoms with van der Waals surface area (Å²) in [5.74, 6) is 0.634. The third-order valence-electron chi connectivity index (χ3n) is 4.01. The summed E-state index contributed by atoms with van der Waals surface area (Å²) in [6, 6.07) is 6.23. The lowest BCUT2D eigenvalue weighted by Gasteiger charge is -2.24. The maximum absolute atomic E-state index is 6.45. The second-order valence-corrected chi connectivity index (χ2v) is 5.71. The topological polar surface area (TPSA) is 26.0 Å². The first-order chi connectivity index (χ1) is 8.18. The van der Waals surface area contributed by atoms with Gasteiger partial charge in [-0.2, -0.15) is 0 Å². The lowest BCUT2D eigenvalue weighted by Crippen LogP contribution is -2.22. The van der Waals surface area contributed by atoms with Crippen molar-refractivity contribution >= 4 is 11.6 Å². The number of hydrogen-bond acceptors (Lipinski definition) is 1. The first-order valence-corrected chi connectivity index (χ1v) is 7.08. The lowest BCUT2D eigenvalue weighted by atomic mass is 9.86. The molecule has 1 aromatic carbocycles. The van der Waals surface area contributed by atoms with Crippen LogP contribution in [0.25, 0.3) is 0 Å². The first-order valence-electron chi connectivity index (χ1n) is 6.70. The van der Waals surface area contributed by atoms with E-state index in [0.29, 0.717) is 5.92 Å². The normalized spacial score (nSPS) is 19.9. The van der Waals surface area contributed by atoms with Gasteiger partial charge in [-0.15, -0.1) is 0 Å². The van der Waals surface area contributed by atoms with Crippen molar-refractivity contribution in [2.24, 2.45) is 11.7 Å². The van der Waals surface area contributed by atoms with E-state index < -0.39 is 0 Å². The van der Waals surface area contributed by atoms with E-state index in [1.165, 1.54) is 49.7 Å². The largest absolute Gasteiger partial charge is 0.324 e. The molecule has 2 N–H and O–H groups in total. The Morgan fingerprint density at radius 2 is 1.82 bits per heavy atom. The van der Waals surface area contributed by atoms with Crippen molar-refractivity contribution in [3.63, 3.8) is 0 Å². The molecule has 1 aliphatic rings. The molecule has 1 unspecified atom stereocenters. The number of nitrogens with two attached hydrogens (primary N) is 1. The highest BCUT2D eigenvalue weighted by Crippen LogP contribution is 2.34. The van der Waals surface area contributed by atoms with E-state index in [0.717, 1.165) is 5.02 Å². The van der Waals surface area contributed by atoms with E-state index in [4.69, 9.17) is 17.3 Å². The second-order valence-electron chi connectivity index (χ2n) is 5.28. The molecule has 0 radical (unpaired) electrons. The van der Waals surface area contributed by atoms with Crippen LogP contribution in [0.1, 0.15) is 55.7 Å². The molecule has 1 aliphatic carbocycles. The molecule has 0 bridgehead atoms. The molecule has 1 fully saturated rings. The summed E-state index contributed by atoms with van der Waals surface area (Å²) in [6.07, 6.45) is 7.95. The standard InChI is InChI=1S/C15H22ClN/c1-11-8-9-13(16)10-14(11)15(17)12-6-4-2-3-5-7-12/h8-10,12,15H,2-7,17H2,1H3. The van der Waals surface area contributed by atoms with Crippen molar-refractivity contribution in [2.75, 3.05) is 0 Å². The van der Waals surface area contributed by atoms with E-state index >= 15 is 0 Å². The molecule has 1 aromatic rings. The molecular weight excluding hydrogens is 230 g/mol. The van der Waals surface area contributed by atoms with Gasteiger partial charge in [-0.05, 0) is 48.9 Å². The van der Waals surface area contributed by atoms with E-state index in [2.05, 4.69) is 13.0 Å². The van der Waals surface area contributed by atoms with Crippen LogP contribution in [0, 0.1) is 12.8 Å². The van der Waals surface area contributed by atoms with Gasteiger partial charge in [0, 0.05) is 11.1 Å². The van der Waals surface area contributed by atoms with Crippen molar-refractivity contribution in [3.8, 4) is 0 Å². The van der Waals surface area contributed by atoms with Gasteiger partial charge in [-0.3, -0.25) is 0 Å². The molecule has 1 nitrogen and oxygen atoms in total. The van der Waals surface area contributed by atoms with Gasteiger partial charge in [-0.1, -0.05) is 43.4 Å². The second kappa shape index (κ2) is 5.88. The van der Waals surface area contributed by atoms with Crippen LogP contribution in [0.2, 0.25) is 5.02 Å². The molecule has 94 valence electrons. The monoisotopic (exact) mass is 251 g/mol. The highest BCUT2D eigenvalue weighted by atomic mass is 35.5. The van der Waals surface area contributed by atoms with E-state index in [9.17, 15) is 0 Å². The molecule has 2 heteroatoms. The maximum atomic E-state index is 6.45. The van der Waals surface area contributed by atoms with Gasteiger partial charge >= 0.3 is 0 Å². The van der Waals surface area contributed by atoms with Crippen LogP contribution in [0.3, 0.4) is 0 Å². The fraction of sp³-hybridized carbons (Fsp3) is 0.600. The fourth-order valence-electron chi connectivity index (χ4n) is 2.89. The Morgan fingerprint density at radius 3 is 2.47 bits per heavy atom. The Kier molecular flexibility index (Phi) is 4.47. The Bertz CT molecular complexity index is 367. The summed E-state index contributed by atoms with van der Waals surface area (Å²) < 4.78 is 0. The van der Waals surface area contributed by atoms with Crippen LogP contribution in [0.5, 0.6) is 0 Å². The number of halogens is 1. The minimum absolute atomic E-state index is 0.159. The maximum Gasteiger partial charge on any atom is 0.0409 e. The quantitative estimate of drug-likeness (QED) is 0.763. The first kappa shape index (κ1) is 12.9. The summed E-state index contributed by atoms with van der Waals surface area (Å²) in [5.41, 5.74) is 8.96.